The molecule has 3 aromatic rings. The lowest BCUT2D eigenvalue weighted by Gasteiger charge is -2.14. The summed E-state index contributed by atoms with van der Waals surface area (Å²) in [6, 6.07) is 7.45. The van der Waals surface area contributed by atoms with Gasteiger partial charge in [-0.25, -0.2) is 4.79 Å². The lowest BCUT2D eigenvalue weighted by molar-refractivity contribution is -0.152. The van der Waals surface area contributed by atoms with Gasteiger partial charge in [0, 0.05) is 0 Å². The number of carbonyl (C=O) groups is 1. The van der Waals surface area contributed by atoms with Crippen molar-refractivity contribution in [3.05, 3.63) is 56.7 Å². The summed E-state index contributed by atoms with van der Waals surface area (Å²) < 4.78 is 51.2. The number of oxime groups is 1. The highest BCUT2D eigenvalue weighted by atomic mass is 35.5. The van der Waals surface area contributed by atoms with Crippen LogP contribution in [-0.2, 0) is 20.5 Å². The van der Waals surface area contributed by atoms with Gasteiger partial charge in [-0.15, -0.1) is 0 Å². The molecule has 0 saturated carbocycles. The first kappa shape index (κ1) is 25.6. The van der Waals surface area contributed by atoms with E-state index in [1.165, 1.54) is 17.6 Å². The number of alkyl halides is 3. The van der Waals surface area contributed by atoms with Crippen molar-refractivity contribution in [1.82, 2.24) is 4.57 Å². The second-order valence-corrected chi connectivity index (χ2v) is 8.70. The van der Waals surface area contributed by atoms with Crippen LogP contribution in [0.15, 0.2) is 46.3 Å². The second kappa shape index (κ2) is 10.5. The van der Waals surface area contributed by atoms with E-state index in [0.29, 0.717) is 16.0 Å². The predicted molar refractivity (Wildman–Crippen MR) is 123 cm³/mol. The molecule has 1 aromatic heterocycles. The van der Waals surface area contributed by atoms with E-state index in [1.807, 2.05) is 0 Å². The summed E-state index contributed by atoms with van der Waals surface area (Å²) in [7, 11) is 0. The third-order valence-electron chi connectivity index (χ3n) is 4.38. The predicted octanol–water partition coefficient (Wildman–Crippen LogP) is 5.45. The fraction of sp³-hybridized carbons (Fsp3) is 0.318. The number of fused-ring (bicyclic) bond motifs is 1. The Morgan fingerprint density at radius 2 is 1.91 bits per heavy atom. The lowest BCUT2D eigenvalue weighted by Crippen LogP contribution is -2.27. The largest absolute Gasteiger partial charge is 0.479 e. The first-order valence-corrected chi connectivity index (χ1v) is 11.2. The van der Waals surface area contributed by atoms with E-state index in [0.717, 1.165) is 35.2 Å². The highest BCUT2D eigenvalue weighted by Crippen LogP contribution is 2.34. The number of ether oxygens (including phenoxy) is 2. The van der Waals surface area contributed by atoms with Crippen molar-refractivity contribution in [2.45, 2.75) is 33.1 Å². The summed E-state index contributed by atoms with van der Waals surface area (Å²) in [4.78, 5) is 29.2. The molecule has 0 aliphatic carbocycles. The molecule has 12 heteroatoms. The normalized spacial score (nSPS) is 12.3. The minimum Gasteiger partial charge on any atom is -0.479 e. The fourth-order valence-electron chi connectivity index (χ4n) is 2.89. The van der Waals surface area contributed by atoms with Gasteiger partial charge in [0.15, 0.2) is 12.7 Å². The van der Waals surface area contributed by atoms with E-state index in [9.17, 15) is 22.8 Å². The smallest absolute Gasteiger partial charge is 0.416 e. The molecule has 0 fully saturated rings. The van der Waals surface area contributed by atoms with Crippen LogP contribution in [0.3, 0.4) is 0 Å². The lowest BCUT2D eigenvalue weighted by atomic mass is 10.2. The zero-order chi connectivity index (χ0) is 25.0. The van der Waals surface area contributed by atoms with Crippen LogP contribution in [0.5, 0.6) is 5.75 Å². The zero-order valence-corrected chi connectivity index (χ0v) is 19.9. The molecule has 0 saturated heterocycles. The number of benzene rings is 2. The monoisotopic (exact) mass is 516 g/mol. The molecule has 7 nitrogen and oxygen atoms in total. The fourth-order valence-corrected chi connectivity index (χ4v) is 4.07. The van der Waals surface area contributed by atoms with Gasteiger partial charge in [-0.05, 0) is 57.2 Å². The summed E-state index contributed by atoms with van der Waals surface area (Å²) in [5.41, 5.74) is 0.379. The average Bonchev–Trinajstić information content (AvgIpc) is 3.07. The van der Waals surface area contributed by atoms with Crippen LogP contribution in [0.1, 0.15) is 26.3 Å². The first-order chi connectivity index (χ1) is 16.0. The molecule has 0 bridgehead atoms. The van der Waals surface area contributed by atoms with Crippen LogP contribution in [0.2, 0.25) is 5.02 Å². The average molecular weight is 517 g/mol. The molecule has 0 radical (unpaired) electrons. The Balaban J connectivity index is 1.75. The van der Waals surface area contributed by atoms with Crippen molar-refractivity contribution < 1.29 is 32.3 Å². The maximum atomic E-state index is 12.9. The summed E-state index contributed by atoms with van der Waals surface area (Å²) in [6.07, 6.45) is -5.49. The van der Waals surface area contributed by atoms with E-state index < -0.39 is 28.7 Å². The van der Waals surface area contributed by atoms with Gasteiger partial charge in [0.05, 0.1) is 32.2 Å². The molecular formula is C22H20ClF3N2O5S. The Bertz CT molecular complexity index is 1280. The van der Waals surface area contributed by atoms with Crippen molar-refractivity contribution in [3.8, 4) is 11.4 Å². The van der Waals surface area contributed by atoms with Gasteiger partial charge in [-0.1, -0.05) is 28.1 Å². The molecule has 0 aliphatic rings. The Morgan fingerprint density at radius 3 is 2.56 bits per heavy atom. The van der Waals surface area contributed by atoms with Gasteiger partial charge in [0.25, 0.3) is 0 Å². The molecule has 1 unspecified atom stereocenters. The van der Waals surface area contributed by atoms with Gasteiger partial charge in [0.1, 0.15) is 12.4 Å². The van der Waals surface area contributed by atoms with Gasteiger partial charge < -0.3 is 14.3 Å². The number of halogens is 4. The van der Waals surface area contributed by atoms with E-state index >= 15 is 0 Å². The van der Waals surface area contributed by atoms with Gasteiger partial charge >= 0.3 is 17.0 Å². The number of rotatable bonds is 8. The number of carbonyl (C=O) groups excluding carboxylic acids is 1. The Morgan fingerprint density at radius 1 is 1.18 bits per heavy atom. The van der Waals surface area contributed by atoms with Crippen molar-refractivity contribution in [3.63, 3.8) is 0 Å². The number of thiazole rings is 1. The third kappa shape index (κ3) is 6.09. The molecule has 1 atom stereocenters. The Kier molecular flexibility index (Phi) is 7.88. The number of hydrogen-bond donors (Lipinski definition) is 0. The highest BCUT2D eigenvalue weighted by Gasteiger charge is 2.31. The highest BCUT2D eigenvalue weighted by molar-refractivity contribution is 7.16. The molecule has 0 aliphatic heterocycles. The number of nitrogens with zero attached hydrogens (tertiary/aromatic N) is 2. The topological polar surface area (TPSA) is 79.1 Å². The van der Waals surface area contributed by atoms with E-state index in [2.05, 4.69) is 5.16 Å². The second-order valence-electron chi connectivity index (χ2n) is 7.30. The Labute approximate surface area is 201 Å². The zero-order valence-electron chi connectivity index (χ0n) is 18.3. The molecule has 0 amide bonds. The molecule has 1 heterocycles. The van der Waals surface area contributed by atoms with E-state index in [1.54, 1.807) is 26.0 Å². The van der Waals surface area contributed by atoms with E-state index in [4.69, 9.17) is 25.9 Å². The quantitative estimate of drug-likeness (QED) is 0.172. The maximum absolute atomic E-state index is 12.9. The number of esters is 1. The summed E-state index contributed by atoms with van der Waals surface area (Å²) in [6.45, 7) is 5.14. The van der Waals surface area contributed by atoms with Crippen LogP contribution < -0.4 is 9.61 Å². The minimum atomic E-state index is -4.55. The molecule has 0 spiro atoms. The maximum Gasteiger partial charge on any atom is 0.416 e. The van der Waals surface area contributed by atoms with Crippen molar-refractivity contribution >= 4 is 44.8 Å². The SMILES string of the molecule is CC(C)=NOCCOC(=O)C(C)Oc1ccc2c(c1)sc(=O)n2-c1ccc(C(F)(F)F)cc1Cl. The van der Waals surface area contributed by atoms with Gasteiger partial charge in [-0.3, -0.25) is 9.36 Å². The summed E-state index contributed by atoms with van der Waals surface area (Å²) in [5, 5.41) is 3.51. The Hall–Kier alpha value is -3.05. The molecule has 2 aromatic carbocycles. The molecule has 182 valence electrons. The van der Waals surface area contributed by atoms with Crippen LogP contribution in [0.25, 0.3) is 15.9 Å². The third-order valence-corrected chi connectivity index (χ3v) is 5.59. The van der Waals surface area contributed by atoms with Crippen molar-refractivity contribution in [2.75, 3.05) is 13.2 Å². The minimum absolute atomic E-state index is 0.000697. The van der Waals surface area contributed by atoms with Gasteiger partial charge in [-0.2, -0.15) is 13.2 Å². The first-order valence-electron chi connectivity index (χ1n) is 9.96. The van der Waals surface area contributed by atoms with Crippen molar-refractivity contribution in [1.29, 1.82) is 0 Å². The van der Waals surface area contributed by atoms with Crippen LogP contribution in [-0.4, -0.2) is 35.6 Å². The number of hydrogen-bond acceptors (Lipinski definition) is 7. The van der Waals surface area contributed by atoms with Crippen LogP contribution in [0, 0.1) is 0 Å². The molecule has 34 heavy (non-hydrogen) atoms. The molecule has 0 N–H and O–H groups in total. The summed E-state index contributed by atoms with van der Waals surface area (Å²) >= 11 is 6.93. The van der Waals surface area contributed by atoms with Gasteiger partial charge in [0.2, 0.25) is 0 Å². The molecular weight excluding hydrogens is 497 g/mol. The van der Waals surface area contributed by atoms with Crippen molar-refractivity contribution in [2.24, 2.45) is 5.16 Å². The summed E-state index contributed by atoms with van der Waals surface area (Å²) in [5.74, 6) is -0.297. The number of aromatic nitrogens is 1. The van der Waals surface area contributed by atoms with Crippen LogP contribution in [0.4, 0.5) is 13.2 Å². The van der Waals surface area contributed by atoms with E-state index in [-0.39, 0.29) is 23.9 Å². The standard InChI is InChI=1S/C22H20ClF3N2O5S/c1-12(2)27-32-9-8-31-20(29)13(3)33-15-5-7-18-19(11-15)34-21(30)28(18)17-6-4-14(10-16(17)23)22(24,25)26/h4-7,10-11,13H,8-9H2,1-3H3. The van der Waals surface area contributed by atoms with Crippen LogP contribution >= 0.6 is 22.9 Å². The molecule has 3 rings (SSSR count).